The molecule has 1 amide bonds. The Hall–Kier alpha value is -3.33. The fraction of sp³-hybridized carbons (Fsp3) is 0.417. The molecule has 0 spiro atoms. The molecule has 1 aliphatic heterocycles. The van der Waals surface area contributed by atoms with Crippen LogP contribution in [-0.4, -0.2) is 50.7 Å². The maximum Gasteiger partial charge on any atom is 0.419 e. The number of alkyl halides is 3. The second kappa shape index (κ2) is 9.61. The molecule has 2 N–H and O–H groups in total. The smallest absolute Gasteiger partial charge is 0.419 e. The van der Waals surface area contributed by atoms with E-state index in [1.54, 1.807) is 31.7 Å². The maximum atomic E-state index is 13.9. The highest BCUT2D eigenvalue weighted by Crippen LogP contribution is 2.40. The van der Waals surface area contributed by atoms with Crippen molar-refractivity contribution >= 4 is 38.9 Å². The Labute approximate surface area is 214 Å². The largest absolute Gasteiger partial charge is 0.444 e. The van der Waals surface area contributed by atoms with Crippen molar-refractivity contribution in [2.75, 3.05) is 18.4 Å². The maximum absolute atomic E-state index is 13.9. The Morgan fingerprint density at radius 2 is 2.08 bits per heavy atom. The van der Waals surface area contributed by atoms with E-state index in [2.05, 4.69) is 36.2 Å². The summed E-state index contributed by atoms with van der Waals surface area (Å²) in [6, 6.07) is 4.89. The number of likely N-dealkylation sites (tertiary alicyclic amines) is 1. The summed E-state index contributed by atoms with van der Waals surface area (Å²) in [6.07, 6.45) is -1.54. The highest BCUT2D eigenvalue weighted by molar-refractivity contribution is 9.10. The van der Waals surface area contributed by atoms with Gasteiger partial charge in [-0.15, -0.1) is 0 Å². The molecular weight excluding hydrogens is 541 g/mol. The van der Waals surface area contributed by atoms with Crippen LogP contribution in [0.4, 0.5) is 23.9 Å². The Bertz CT molecular complexity index is 1340. The molecule has 0 saturated carbocycles. The topological polar surface area (TPSA) is 107 Å². The molecule has 3 aromatic rings. The molecule has 0 radical (unpaired) electrons. The van der Waals surface area contributed by atoms with Crippen LogP contribution in [0.1, 0.15) is 44.7 Å². The molecule has 2 aromatic heterocycles. The predicted octanol–water partition coefficient (Wildman–Crippen LogP) is 6.09. The van der Waals surface area contributed by atoms with Gasteiger partial charge in [-0.05, 0) is 55.6 Å². The van der Waals surface area contributed by atoms with Crippen LogP contribution in [0.2, 0.25) is 0 Å². The number of anilines is 1. The van der Waals surface area contributed by atoms with E-state index < -0.39 is 23.4 Å². The molecule has 1 aromatic carbocycles. The minimum atomic E-state index is -4.68. The van der Waals surface area contributed by atoms with Crippen LogP contribution >= 0.6 is 15.9 Å². The first-order valence-corrected chi connectivity index (χ1v) is 12.1. The van der Waals surface area contributed by atoms with Gasteiger partial charge in [-0.3, -0.25) is 0 Å². The molecule has 0 aliphatic carbocycles. The number of amides is 1. The number of fused-ring (bicyclic) bond motifs is 1. The number of ether oxygens (including phenoxy) is 1. The first-order valence-electron chi connectivity index (χ1n) is 11.3. The quantitative estimate of drug-likeness (QED) is 0.398. The molecule has 12 heteroatoms. The Kier molecular flexibility index (Phi) is 6.88. The van der Waals surface area contributed by atoms with E-state index in [-0.39, 0.29) is 23.2 Å². The van der Waals surface area contributed by atoms with Crippen molar-refractivity contribution in [3.8, 4) is 17.3 Å². The molecule has 3 heterocycles. The zero-order valence-electron chi connectivity index (χ0n) is 19.8. The van der Waals surface area contributed by atoms with E-state index in [4.69, 9.17) is 4.74 Å². The number of aromatic amines is 1. The van der Waals surface area contributed by atoms with Gasteiger partial charge in [-0.25, -0.2) is 14.8 Å². The van der Waals surface area contributed by atoms with Crippen molar-refractivity contribution in [1.82, 2.24) is 19.9 Å². The molecule has 1 atom stereocenters. The van der Waals surface area contributed by atoms with Crippen molar-refractivity contribution in [1.29, 1.82) is 5.26 Å². The third-order valence-corrected chi connectivity index (χ3v) is 6.49. The number of hydrogen-bond donors (Lipinski definition) is 2. The van der Waals surface area contributed by atoms with E-state index in [0.29, 0.717) is 46.9 Å². The number of hydrogen-bond acceptors (Lipinski definition) is 6. The van der Waals surface area contributed by atoms with Gasteiger partial charge >= 0.3 is 12.3 Å². The van der Waals surface area contributed by atoms with Gasteiger partial charge in [-0.2, -0.15) is 18.4 Å². The molecule has 1 fully saturated rings. The van der Waals surface area contributed by atoms with Crippen LogP contribution in [-0.2, 0) is 10.9 Å². The average Bonchev–Trinajstić information content (AvgIpc) is 3.22. The fourth-order valence-electron chi connectivity index (χ4n) is 4.08. The molecule has 190 valence electrons. The summed E-state index contributed by atoms with van der Waals surface area (Å²) in [7, 11) is 0. The number of benzene rings is 1. The van der Waals surface area contributed by atoms with Crippen molar-refractivity contribution in [3.63, 3.8) is 0 Å². The molecule has 8 nitrogen and oxygen atoms in total. The first-order chi connectivity index (χ1) is 16.9. The number of H-pyrrole nitrogens is 1. The minimum absolute atomic E-state index is 0.0242. The van der Waals surface area contributed by atoms with Gasteiger partial charge < -0.3 is 19.9 Å². The summed E-state index contributed by atoms with van der Waals surface area (Å²) >= 11 is 3.34. The SMILES string of the molecule is CC(C)(C)OC(=O)N1CCC[C@@H](Nc2ncc(C(F)(F)F)c(-c3c[nH]c4c(Br)c(C#N)ccc34)n2)C1. The lowest BCUT2D eigenvalue weighted by Gasteiger charge is -2.34. The van der Waals surface area contributed by atoms with E-state index in [1.807, 2.05) is 6.07 Å². The third kappa shape index (κ3) is 5.41. The number of nitriles is 1. The molecular formula is C24H24BrF3N6O2. The first kappa shape index (κ1) is 25.8. The Morgan fingerprint density at radius 3 is 2.75 bits per heavy atom. The van der Waals surface area contributed by atoms with Crippen LogP contribution in [0.15, 0.2) is 29.0 Å². The predicted molar refractivity (Wildman–Crippen MR) is 131 cm³/mol. The van der Waals surface area contributed by atoms with E-state index >= 15 is 0 Å². The summed E-state index contributed by atoms with van der Waals surface area (Å²) in [5.41, 5.74) is -0.830. The van der Waals surface area contributed by atoms with Crippen molar-refractivity contribution < 1.29 is 22.7 Å². The standard InChI is InChI=1S/C24H24BrF3N6O2/c1-23(2,3)36-22(35)34-8-4-5-14(12-34)32-21-31-11-17(24(26,27)28)19(33-21)16-10-30-20-15(16)7-6-13(9-29)18(20)25/h6-7,10-11,14,30H,4-5,8,12H2,1-3H3,(H,31,32,33)/t14-/m1/s1. The fourth-order valence-corrected chi connectivity index (χ4v) is 4.63. The second-order valence-electron chi connectivity index (χ2n) is 9.53. The average molecular weight is 565 g/mol. The minimum Gasteiger partial charge on any atom is -0.444 e. The molecule has 4 rings (SSSR count). The third-order valence-electron chi connectivity index (χ3n) is 5.67. The summed E-state index contributed by atoms with van der Waals surface area (Å²) < 4.78 is 47.5. The summed E-state index contributed by atoms with van der Waals surface area (Å²) in [5, 5.41) is 12.8. The van der Waals surface area contributed by atoms with Crippen molar-refractivity contribution in [3.05, 3.63) is 40.1 Å². The van der Waals surface area contributed by atoms with Gasteiger partial charge in [0.15, 0.2) is 0 Å². The molecule has 0 unspecified atom stereocenters. The van der Waals surface area contributed by atoms with Crippen LogP contribution in [0, 0.1) is 11.3 Å². The summed E-state index contributed by atoms with van der Waals surface area (Å²) in [4.78, 5) is 25.2. The number of rotatable bonds is 3. The Balaban J connectivity index is 1.66. The lowest BCUT2D eigenvalue weighted by Crippen LogP contribution is -2.47. The van der Waals surface area contributed by atoms with Gasteiger partial charge in [0.2, 0.25) is 5.95 Å². The van der Waals surface area contributed by atoms with Crippen molar-refractivity contribution in [2.45, 2.75) is 51.4 Å². The molecule has 1 saturated heterocycles. The molecule has 0 bridgehead atoms. The van der Waals surface area contributed by atoms with Crippen LogP contribution < -0.4 is 5.32 Å². The summed E-state index contributed by atoms with van der Waals surface area (Å²) in [6.45, 7) is 6.19. The van der Waals surface area contributed by atoms with E-state index in [0.717, 1.165) is 6.20 Å². The van der Waals surface area contributed by atoms with Gasteiger partial charge in [-0.1, -0.05) is 6.07 Å². The summed E-state index contributed by atoms with van der Waals surface area (Å²) in [5.74, 6) is 0.0242. The number of carbonyl (C=O) groups is 1. The monoisotopic (exact) mass is 564 g/mol. The van der Waals surface area contributed by atoms with Gasteiger partial charge in [0.1, 0.15) is 17.2 Å². The zero-order chi connectivity index (χ0) is 26.3. The number of carbonyl (C=O) groups excluding carboxylic acids is 1. The number of aromatic nitrogens is 3. The van der Waals surface area contributed by atoms with Crippen LogP contribution in [0.5, 0.6) is 0 Å². The van der Waals surface area contributed by atoms with Gasteiger partial charge in [0, 0.05) is 42.5 Å². The van der Waals surface area contributed by atoms with Gasteiger partial charge in [0.05, 0.1) is 21.2 Å². The lowest BCUT2D eigenvalue weighted by atomic mass is 10.0. The highest BCUT2D eigenvalue weighted by Gasteiger charge is 2.36. The van der Waals surface area contributed by atoms with Crippen LogP contribution in [0.3, 0.4) is 0 Å². The molecule has 36 heavy (non-hydrogen) atoms. The number of nitrogens with zero attached hydrogens (tertiary/aromatic N) is 4. The number of halogens is 4. The number of nitrogens with one attached hydrogen (secondary N) is 2. The van der Waals surface area contributed by atoms with E-state index in [1.165, 1.54) is 12.3 Å². The Morgan fingerprint density at radius 1 is 1.33 bits per heavy atom. The van der Waals surface area contributed by atoms with E-state index in [9.17, 15) is 23.2 Å². The van der Waals surface area contributed by atoms with Crippen LogP contribution in [0.25, 0.3) is 22.2 Å². The zero-order valence-corrected chi connectivity index (χ0v) is 21.4. The van der Waals surface area contributed by atoms with Crippen molar-refractivity contribution in [2.24, 2.45) is 0 Å². The lowest BCUT2D eigenvalue weighted by molar-refractivity contribution is -0.137. The molecule has 1 aliphatic rings. The number of piperidine rings is 1. The normalized spacial score (nSPS) is 16.6. The van der Waals surface area contributed by atoms with Gasteiger partial charge in [0.25, 0.3) is 0 Å². The second-order valence-corrected chi connectivity index (χ2v) is 10.3. The highest BCUT2D eigenvalue weighted by atomic mass is 79.9.